The smallest absolute Gasteiger partial charge is 0.220 e. The van der Waals surface area contributed by atoms with Crippen LogP contribution in [-0.4, -0.2) is 45.6 Å². The highest BCUT2D eigenvalue weighted by Gasteiger charge is 2.37. The summed E-state index contributed by atoms with van der Waals surface area (Å²) in [5.74, 6) is -1.53. The van der Waals surface area contributed by atoms with Crippen LogP contribution in [0.5, 0.6) is 0 Å². The highest BCUT2D eigenvalue weighted by Crippen LogP contribution is 2.43. The standard InChI is InChI=1S/C38H44F2N6O3S2/c1-22(34(42)47)16-23-8-6-9-24(17-23)38(4)14-7-13-37(2,3)21-51(48,49)20-30(41)32-26-12-15-43-31(26)19-29(40)33(32)50-25-10-11-28(39)27(18-25)35-44-36(38)45-46(35)5/h6,8-12,15,17-19,22,30,43H,7,13-14,16,20-21,41H2,1-5H3,(H2,42,47)/t22-,30?,38+/m0/s1. The summed E-state index contributed by atoms with van der Waals surface area (Å²) in [4.78, 5) is 20.5. The average Bonchev–Trinajstić information content (AvgIpc) is 3.67. The number of H-pyrrole nitrogens is 1. The molecule has 5 N–H and O–H groups in total. The van der Waals surface area contributed by atoms with Crippen molar-refractivity contribution in [2.75, 3.05) is 11.5 Å². The van der Waals surface area contributed by atoms with Crippen LogP contribution in [0.15, 0.2) is 70.6 Å². The molecular weight excluding hydrogens is 691 g/mol. The summed E-state index contributed by atoms with van der Waals surface area (Å²) in [7, 11) is -2.00. The number of amides is 1. The molecule has 2 aromatic heterocycles. The first-order valence-electron chi connectivity index (χ1n) is 17.0. The second-order valence-corrected chi connectivity index (χ2v) is 18.1. The Labute approximate surface area is 301 Å². The fourth-order valence-corrected chi connectivity index (χ4v) is 10.5. The zero-order chi connectivity index (χ0) is 36.9. The minimum atomic E-state index is -3.71. The van der Waals surface area contributed by atoms with E-state index in [1.54, 1.807) is 43.0 Å². The fourth-order valence-electron chi connectivity index (χ4n) is 7.25. The molecule has 51 heavy (non-hydrogen) atoms. The molecule has 0 spiro atoms. The van der Waals surface area contributed by atoms with Gasteiger partial charge in [0.2, 0.25) is 5.91 Å². The first kappa shape index (κ1) is 36.7. The lowest BCUT2D eigenvalue weighted by molar-refractivity contribution is -0.121. The number of carbonyl (C=O) groups excluding carboxylic acids is 1. The van der Waals surface area contributed by atoms with Gasteiger partial charge in [0.1, 0.15) is 11.6 Å². The molecule has 9 nitrogen and oxygen atoms in total. The number of hydrogen-bond donors (Lipinski definition) is 3. The van der Waals surface area contributed by atoms with Gasteiger partial charge in [-0.1, -0.05) is 63.2 Å². The third kappa shape index (κ3) is 7.61. The Morgan fingerprint density at radius 2 is 1.86 bits per heavy atom. The Hall–Kier alpha value is -4.07. The molecule has 3 aromatic carbocycles. The van der Waals surface area contributed by atoms with Gasteiger partial charge in [-0.25, -0.2) is 26.9 Å². The quantitative estimate of drug-likeness (QED) is 0.180. The molecule has 1 aliphatic heterocycles. The summed E-state index contributed by atoms with van der Waals surface area (Å²) in [6, 6.07) is 14.5. The molecule has 1 amide bonds. The predicted octanol–water partition coefficient (Wildman–Crippen LogP) is 6.99. The molecule has 0 saturated carbocycles. The summed E-state index contributed by atoms with van der Waals surface area (Å²) in [6.07, 6.45) is 3.87. The number of rotatable bonds is 4. The zero-order valence-corrected chi connectivity index (χ0v) is 31.1. The molecule has 3 atom stereocenters. The molecule has 6 rings (SSSR count). The van der Waals surface area contributed by atoms with E-state index >= 15 is 8.78 Å². The molecule has 0 aliphatic carbocycles. The van der Waals surface area contributed by atoms with E-state index in [2.05, 4.69) is 4.98 Å². The molecule has 3 heterocycles. The van der Waals surface area contributed by atoms with Crippen molar-refractivity contribution in [3.63, 3.8) is 0 Å². The Kier molecular flexibility index (Phi) is 9.94. The molecule has 0 saturated heterocycles. The number of halogens is 2. The summed E-state index contributed by atoms with van der Waals surface area (Å²) in [5.41, 5.74) is 13.8. The van der Waals surface area contributed by atoms with Crippen LogP contribution < -0.4 is 11.5 Å². The zero-order valence-electron chi connectivity index (χ0n) is 29.5. The van der Waals surface area contributed by atoms with E-state index in [0.29, 0.717) is 58.7 Å². The minimum Gasteiger partial charge on any atom is -0.369 e. The van der Waals surface area contributed by atoms with E-state index in [4.69, 9.17) is 21.5 Å². The SMILES string of the molecule is C[C@@H](Cc1cccc([C@@]2(C)CCCC(C)(C)CS(=O)(=O)CC(N)c3c(c(F)cc4[nH]ccc34)Sc3ccc(F)c(c3)-c3nc2nn3C)c1)C(N)=O. The van der Waals surface area contributed by atoms with E-state index in [-0.39, 0.29) is 33.8 Å². The van der Waals surface area contributed by atoms with E-state index in [9.17, 15) is 13.2 Å². The first-order valence-corrected chi connectivity index (χ1v) is 19.6. The second-order valence-electron chi connectivity index (χ2n) is 14.9. The van der Waals surface area contributed by atoms with E-state index in [1.807, 2.05) is 45.0 Å². The van der Waals surface area contributed by atoms with Crippen molar-refractivity contribution in [2.45, 2.75) is 74.6 Å². The number of hydrogen-bond acceptors (Lipinski definition) is 7. The van der Waals surface area contributed by atoms with Crippen LogP contribution in [0.3, 0.4) is 0 Å². The van der Waals surface area contributed by atoms with Gasteiger partial charge in [0.05, 0.1) is 27.4 Å². The van der Waals surface area contributed by atoms with E-state index in [0.717, 1.165) is 22.9 Å². The second kappa shape index (κ2) is 13.8. The Bertz CT molecular complexity index is 2230. The average molecular weight is 735 g/mol. The van der Waals surface area contributed by atoms with Crippen LogP contribution >= 0.6 is 11.8 Å². The summed E-state index contributed by atoms with van der Waals surface area (Å²) < 4.78 is 60.7. The van der Waals surface area contributed by atoms with Crippen LogP contribution in [0.1, 0.15) is 75.5 Å². The Morgan fingerprint density at radius 3 is 2.61 bits per heavy atom. The molecule has 5 aromatic rings. The number of fused-ring (bicyclic) bond motifs is 8. The van der Waals surface area contributed by atoms with Crippen molar-refractivity contribution < 1.29 is 22.0 Å². The largest absolute Gasteiger partial charge is 0.369 e. The van der Waals surface area contributed by atoms with Crippen molar-refractivity contribution in [1.29, 1.82) is 0 Å². The minimum absolute atomic E-state index is 0.105. The van der Waals surface area contributed by atoms with Gasteiger partial charge in [-0.05, 0) is 78.6 Å². The molecule has 0 fully saturated rings. The number of aromatic amines is 1. The number of nitrogens with zero attached hydrogens (tertiary/aromatic N) is 3. The summed E-state index contributed by atoms with van der Waals surface area (Å²) in [5, 5.41) is 5.47. The van der Waals surface area contributed by atoms with Crippen LogP contribution in [0, 0.1) is 23.0 Å². The topological polar surface area (TPSA) is 150 Å². The number of aromatic nitrogens is 4. The number of nitrogens with two attached hydrogens (primary N) is 2. The van der Waals surface area contributed by atoms with Crippen molar-refractivity contribution in [2.24, 2.45) is 29.8 Å². The highest BCUT2D eigenvalue weighted by atomic mass is 32.2. The Balaban J connectivity index is 1.51. The lowest BCUT2D eigenvalue weighted by Crippen LogP contribution is -2.31. The van der Waals surface area contributed by atoms with Gasteiger partial charge in [0.25, 0.3) is 0 Å². The number of nitrogens with one attached hydrogen (secondary N) is 1. The van der Waals surface area contributed by atoms with Crippen molar-refractivity contribution >= 4 is 38.4 Å². The van der Waals surface area contributed by atoms with Gasteiger partial charge >= 0.3 is 0 Å². The van der Waals surface area contributed by atoms with E-state index in [1.165, 1.54) is 12.1 Å². The first-order chi connectivity index (χ1) is 24.0. The molecule has 1 aliphatic rings. The lowest BCUT2D eigenvalue weighted by atomic mass is 9.75. The number of carbonyl (C=O) groups is 1. The molecule has 1 unspecified atom stereocenters. The third-order valence-electron chi connectivity index (χ3n) is 9.99. The molecule has 0 radical (unpaired) electrons. The van der Waals surface area contributed by atoms with E-state index < -0.39 is 38.3 Å². The number of sulfone groups is 1. The van der Waals surface area contributed by atoms with Crippen LogP contribution in [0.25, 0.3) is 22.3 Å². The van der Waals surface area contributed by atoms with Crippen molar-refractivity contribution in [3.8, 4) is 11.4 Å². The van der Waals surface area contributed by atoms with Crippen LogP contribution in [-0.2, 0) is 33.5 Å². The van der Waals surface area contributed by atoms with Gasteiger partial charge in [0.15, 0.2) is 21.5 Å². The normalized spacial score (nSPS) is 21.4. The van der Waals surface area contributed by atoms with Crippen molar-refractivity contribution in [1.82, 2.24) is 19.7 Å². The highest BCUT2D eigenvalue weighted by molar-refractivity contribution is 7.99. The maximum atomic E-state index is 15.9. The van der Waals surface area contributed by atoms with Gasteiger partial charge in [-0.15, -0.1) is 0 Å². The Morgan fingerprint density at radius 1 is 1.10 bits per heavy atom. The molecular formula is C38H44F2N6O3S2. The predicted molar refractivity (Wildman–Crippen MR) is 197 cm³/mol. The van der Waals surface area contributed by atoms with Gasteiger partial charge in [-0.3, -0.25) is 4.79 Å². The van der Waals surface area contributed by atoms with Gasteiger partial charge in [-0.2, -0.15) is 5.10 Å². The van der Waals surface area contributed by atoms with Gasteiger partial charge in [0, 0.05) is 41.0 Å². The van der Waals surface area contributed by atoms with Crippen LogP contribution in [0.2, 0.25) is 0 Å². The lowest BCUT2D eigenvalue weighted by Gasteiger charge is -2.31. The maximum Gasteiger partial charge on any atom is 0.220 e. The number of primary amides is 1. The number of aryl methyl sites for hydroxylation is 1. The number of benzene rings is 3. The maximum absolute atomic E-state index is 15.9. The summed E-state index contributed by atoms with van der Waals surface area (Å²) in [6.45, 7) is 7.68. The fraction of sp³-hybridized carbons (Fsp3) is 0.395. The molecule has 13 heteroatoms. The monoisotopic (exact) mass is 734 g/mol. The van der Waals surface area contributed by atoms with Gasteiger partial charge < -0.3 is 16.5 Å². The molecule has 270 valence electrons. The summed E-state index contributed by atoms with van der Waals surface area (Å²) >= 11 is 1.06. The third-order valence-corrected chi connectivity index (χ3v) is 13.2. The van der Waals surface area contributed by atoms with Crippen LogP contribution in [0.4, 0.5) is 8.78 Å². The molecule has 4 bridgehead atoms. The van der Waals surface area contributed by atoms with Crippen molar-refractivity contribution in [3.05, 3.63) is 94.9 Å².